The summed E-state index contributed by atoms with van der Waals surface area (Å²) in [6, 6.07) is 6.39. The molecule has 4 heterocycles. The lowest BCUT2D eigenvalue weighted by molar-refractivity contribution is -0.147. The maximum atomic E-state index is 14.1. The van der Waals surface area contributed by atoms with Crippen LogP contribution in [0.25, 0.3) is 0 Å². The van der Waals surface area contributed by atoms with Crippen molar-refractivity contribution in [2.75, 3.05) is 44.3 Å². The van der Waals surface area contributed by atoms with Crippen LogP contribution in [-0.2, 0) is 19.1 Å². The Balaban J connectivity index is 1.52. The highest BCUT2D eigenvalue weighted by molar-refractivity contribution is 6.03. The van der Waals surface area contributed by atoms with Crippen molar-refractivity contribution in [3.05, 3.63) is 48.6 Å². The van der Waals surface area contributed by atoms with Gasteiger partial charge in [-0.3, -0.25) is 14.4 Å². The van der Waals surface area contributed by atoms with Gasteiger partial charge >= 0.3 is 0 Å². The SMILES string of the molecule is CCCCN1CC=C[C@]23O[C@@H]4C=CCN(c5ccc(OCC)cc5)C(=O)[C@@H]4[C@H]2C(=O)N(CCO)C3C1=O. The lowest BCUT2D eigenvalue weighted by atomic mass is 9.77. The molecule has 5 rings (SSSR count). The summed E-state index contributed by atoms with van der Waals surface area (Å²) in [5.41, 5.74) is -0.561. The van der Waals surface area contributed by atoms with E-state index in [0.717, 1.165) is 12.8 Å². The van der Waals surface area contributed by atoms with Crippen LogP contribution in [0.2, 0.25) is 0 Å². The average Bonchev–Trinajstić information content (AvgIpc) is 3.20. The van der Waals surface area contributed by atoms with E-state index in [2.05, 4.69) is 6.92 Å². The summed E-state index contributed by atoms with van der Waals surface area (Å²) >= 11 is 0. The zero-order valence-electron chi connectivity index (χ0n) is 21.4. The molecule has 1 unspecified atom stereocenters. The van der Waals surface area contributed by atoms with Crippen LogP contribution in [0.15, 0.2) is 48.6 Å². The number of unbranched alkanes of at least 4 members (excludes halogenated alkanes) is 1. The second-order valence-corrected chi connectivity index (χ2v) is 9.94. The highest BCUT2D eigenvalue weighted by atomic mass is 16.5. The number of fused-ring (bicyclic) bond motifs is 2. The lowest BCUT2D eigenvalue weighted by Crippen LogP contribution is -2.55. The molecule has 4 aliphatic rings. The van der Waals surface area contributed by atoms with Crippen molar-refractivity contribution in [1.29, 1.82) is 0 Å². The first kappa shape index (κ1) is 25.5. The molecule has 0 bridgehead atoms. The number of hydrogen-bond acceptors (Lipinski definition) is 6. The Morgan fingerprint density at radius 3 is 2.51 bits per heavy atom. The van der Waals surface area contributed by atoms with Crippen molar-refractivity contribution in [2.45, 2.75) is 44.4 Å². The Morgan fingerprint density at radius 2 is 1.81 bits per heavy atom. The molecule has 9 heteroatoms. The van der Waals surface area contributed by atoms with Crippen molar-refractivity contribution in [1.82, 2.24) is 9.80 Å². The van der Waals surface area contributed by atoms with Crippen LogP contribution < -0.4 is 9.64 Å². The standard InChI is InChI=1S/C28H35N3O6/c1-3-5-14-29-15-7-13-28-23(26(34)31(17-18-32)24(28)27(29)35)22-21(37-28)8-6-16-30(25(22)33)19-9-11-20(12-10-19)36-4-2/h6-13,21-24,32H,3-5,14-18H2,1-2H3/t21-,22+,23+,24?,28+/m1/s1. The summed E-state index contributed by atoms with van der Waals surface area (Å²) in [5, 5.41) is 9.77. The third kappa shape index (κ3) is 4.14. The maximum Gasteiger partial charge on any atom is 0.249 e. The summed E-state index contributed by atoms with van der Waals surface area (Å²) in [7, 11) is 0. The highest BCUT2D eigenvalue weighted by Crippen LogP contribution is 2.53. The fourth-order valence-corrected chi connectivity index (χ4v) is 6.20. The Labute approximate surface area is 217 Å². The molecule has 1 spiro atoms. The number of amides is 3. The normalized spacial score (nSPS) is 30.8. The molecule has 2 fully saturated rings. The Hall–Kier alpha value is -3.17. The first-order valence-electron chi connectivity index (χ1n) is 13.2. The number of carbonyl (C=O) groups is 3. The number of nitrogens with zero attached hydrogens (tertiary/aromatic N) is 3. The smallest absolute Gasteiger partial charge is 0.249 e. The number of β-amino-alcohol motifs (C(OH)–C–C–N with tert-alkyl or cyclic N) is 1. The van der Waals surface area contributed by atoms with Crippen LogP contribution in [0.5, 0.6) is 5.75 Å². The van der Waals surface area contributed by atoms with Crippen molar-refractivity contribution in [3.8, 4) is 5.75 Å². The average molecular weight is 510 g/mol. The van der Waals surface area contributed by atoms with Crippen LogP contribution in [0.3, 0.4) is 0 Å². The number of rotatable bonds is 8. The van der Waals surface area contributed by atoms with Crippen molar-refractivity contribution in [3.63, 3.8) is 0 Å². The molecule has 5 atom stereocenters. The van der Waals surface area contributed by atoms with E-state index in [9.17, 15) is 19.5 Å². The number of benzene rings is 1. The number of likely N-dealkylation sites (tertiary alicyclic amines) is 1. The van der Waals surface area contributed by atoms with Crippen molar-refractivity contribution < 1.29 is 29.0 Å². The highest BCUT2D eigenvalue weighted by Gasteiger charge is 2.71. The lowest BCUT2D eigenvalue weighted by Gasteiger charge is -2.35. The van der Waals surface area contributed by atoms with Crippen LogP contribution in [0, 0.1) is 11.8 Å². The molecular formula is C28H35N3O6. The number of anilines is 1. The van der Waals surface area contributed by atoms with Gasteiger partial charge in [-0.15, -0.1) is 0 Å². The van der Waals surface area contributed by atoms with Gasteiger partial charge in [-0.1, -0.05) is 37.6 Å². The minimum Gasteiger partial charge on any atom is -0.494 e. The van der Waals surface area contributed by atoms with Gasteiger partial charge in [0.1, 0.15) is 17.4 Å². The molecule has 9 nitrogen and oxygen atoms in total. The molecule has 0 saturated carbocycles. The van der Waals surface area contributed by atoms with Crippen LogP contribution >= 0.6 is 0 Å². The van der Waals surface area contributed by atoms with Gasteiger partial charge in [0.15, 0.2) is 0 Å². The number of aliphatic hydroxyl groups is 1. The van der Waals surface area contributed by atoms with Gasteiger partial charge in [-0.05, 0) is 37.6 Å². The number of carbonyl (C=O) groups excluding carboxylic acids is 3. The summed E-state index contributed by atoms with van der Waals surface area (Å²) in [6.07, 6.45) is 8.61. The topological polar surface area (TPSA) is 99.6 Å². The van der Waals surface area contributed by atoms with Crippen LogP contribution in [0.1, 0.15) is 26.7 Å². The first-order valence-corrected chi connectivity index (χ1v) is 13.2. The minimum atomic E-state index is -1.26. The van der Waals surface area contributed by atoms with Crippen molar-refractivity contribution >= 4 is 23.4 Å². The molecule has 0 aliphatic carbocycles. The van der Waals surface area contributed by atoms with E-state index in [1.807, 2.05) is 55.5 Å². The van der Waals surface area contributed by atoms with Crippen molar-refractivity contribution in [2.24, 2.45) is 11.8 Å². The van der Waals surface area contributed by atoms with Gasteiger partial charge in [-0.25, -0.2) is 0 Å². The van der Waals surface area contributed by atoms with E-state index < -0.39 is 29.6 Å². The summed E-state index contributed by atoms with van der Waals surface area (Å²) < 4.78 is 12.1. The second kappa shape index (κ2) is 10.3. The molecule has 0 aromatic heterocycles. The maximum absolute atomic E-state index is 14.1. The van der Waals surface area contributed by atoms with E-state index in [1.54, 1.807) is 9.80 Å². The van der Waals surface area contributed by atoms with Gasteiger partial charge < -0.3 is 29.3 Å². The van der Waals surface area contributed by atoms with Gasteiger partial charge in [0.05, 0.1) is 31.2 Å². The van der Waals surface area contributed by atoms with Gasteiger partial charge in [0.25, 0.3) is 0 Å². The van der Waals surface area contributed by atoms with E-state index in [4.69, 9.17) is 9.47 Å². The Bertz CT molecular complexity index is 1100. The van der Waals surface area contributed by atoms with Gasteiger partial charge in [0.2, 0.25) is 17.7 Å². The van der Waals surface area contributed by atoms with E-state index in [-0.39, 0.29) is 30.9 Å². The number of ether oxygens (including phenoxy) is 2. The van der Waals surface area contributed by atoms with Crippen LogP contribution in [0.4, 0.5) is 5.69 Å². The van der Waals surface area contributed by atoms with E-state index in [0.29, 0.717) is 37.7 Å². The predicted molar refractivity (Wildman–Crippen MR) is 137 cm³/mol. The second-order valence-electron chi connectivity index (χ2n) is 9.94. The molecule has 1 aromatic carbocycles. The molecule has 2 saturated heterocycles. The summed E-state index contributed by atoms with van der Waals surface area (Å²) in [4.78, 5) is 46.7. The van der Waals surface area contributed by atoms with E-state index >= 15 is 0 Å². The molecule has 1 N–H and O–H groups in total. The minimum absolute atomic E-state index is 0.0102. The first-order chi connectivity index (χ1) is 18.0. The molecule has 3 amide bonds. The third-order valence-corrected chi connectivity index (χ3v) is 7.82. The number of aliphatic hydroxyl groups excluding tert-OH is 1. The molecular weight excluding hydrogens is 474 g/mol. The van der Waals surface area contributed by atoms with Gasteiger partial charge in [-0.2, -0.15) is 0 Å². The Kier molecular flexibility index (Phi) is 7.09. The molecule has 4 aliphatic heterocycles. The summed E-state index contributed by atoms with van der Waals surface area (Å²) in [6.45, 7) is 5.60. The third-order valence-electron chi connectivity index (χ3n) is 7.82. The quantitative estimate of drug-likeness (QED) is 0.536. The van der Waals surface area contributed by atoms with E-state index in [1.165, 1.54) is 4.90 Å². The Morgan fingerprint density at radius 1 is 1.03 bits per heavy atom. The fraction of sp³-hybridized carbons (Fsp3) is 0.536. The number of hydrogen-bond donors (Lipinski definition) is 1. The van der Waals surface area contributed by atoms with Crippen LogP contribution in [-0.4, -0.2) is 89.8 Å². The molecule has 1 aromatic rings. The summed E-state index contributed by atoms with van der Waals surface area (Å²) in [5.74, 6) is -1.67. The zero-order chi connectivity index (χ0) is 26.2. The largest absolute Gasteiger partial charge is 0.494 e. The fourth-order valence-electron chi connectivity index (χ4n) is 6.20. The molecule has 37 heavy (non-hydrogen) atoms. The molecule has 0 radical (unpaired) electrons. The molecule has 198 valence electrons. The zero-order valence-corrected chi connectivity index (χ0v) is 21.4. The predicted octanol–water partition coefficient (Wildman–Crippen LogP) is 1.76. The van der Waals surface area contributed by atoms with Gasteiger partial charge in [0, 0.05) is 31.9 Å². The monoisotopic (exact) mass is 509 g/mol.